The number of hydrogen-bond acceptors (Lipinski definition) is 4. The van der Waals surface area contributed by atoms with E-state index in [4.69, 9.17) is 9.73 Å². The third kappa shape index (κ3) is 5.39. The Bertz CT molecular complexity index is 783. The summed E-state index contributed by atoms with van der Waals surface area (Å²) in [6.45, 7) is 8.32. The second-order valence-corrected chi connectivity index (χ2v) is 6.90. The van der Waals surface area contributed by atoms with Crippen molar-refractivity contribution in [1.82, 2.24) is 20.0 Å². The smallest absolute Gasteiger partial charge is 0.194 e. The van der Waals surface area contributed by atoms with Crippen LogP contribution in [0.15, 0.2) is 29.4 Å². The molecule has 0 fully saturated rings. The number of methoxy groups -OCH3 is 1. The van der Waals surface area contributed by atoms with E-state index in [0.29, 0.717) is 18.2 Å². The Morgan fingerprint density at radius 2 is 2.15 bits per heavy atom. The van der Waals surface area contributed by atoms with Crippen molar-refractivity contribution in [2.45, 2.75) is 39.8 Å². The fourth-order valence-electron chi connectivity index (χ4n) is 2.96. The predicted octanol–water partition coefficient (Wildman–Crippen LogP) is 2.86. The van der Waals surface area contributed by atoms with E-state index in [0.717, 1.165) is 30.3 Å². The highest BCUT2D eigenvalue weighted by atomic mass is 16.5. The van der Waals surface area contributed by atoms with Crippen LogP contribution >= 0.6 is 0 Å². The van der Waals surface area contributed by atoms with E-state index < -0.39 is 0 Å². The fourth-order valence-corrected chi connectivity index (χ4v) is 2.96. The summed E-state index contributed by atoms with van der Waals surface area (Å²) in [5, 5.41) is 17.8. The standard InChI is InChI=1S/C20H31N5O2/c1-7-21-20(22-11-15-8-9-18(27-6)17(26)10-15)24(4)12-16-13-25(5)23-19(16)14(2)3/h8-10,13-14,26H,7,11-12H2,1-6H3,(H,21,22). The highest BCUT2D eigenvalue weighted by Crippen LogP contribution is 2.26. The van der Waals surface area contributed by atoms with E-state index in [1.165, 1.54) is 12.7 Å². The average Bonchev–Trinajstić information content (AvgIpc) is 2.99. The first-order valence-electron chi connectivity index (χ1n) is 9.23. The van der Waals surface area contributed by atoms with Gasteiger partial charge in [-0.15, -0.1) is 0 Å². The van der Waals surface area contributed by atoms with Gasteiger partial charge in [-0.05, 0) is 30.5 Å². The molecule has 0 amide bonds. The van der Waals surface area contributed by atoms with Crippen molar-refractivity contribution in [3.8, 4) is 11.5 Å². The number of nitrogens with zero attached hydrogens (tertiary/aromatic N) is 4. The van der Waals surface area contributed by atoms with E-state index >= 15 is 0 Å². The Kier molecular flexibility index (Phi) is 7.10. The molecule has 0 bridgehead atoms. The number of nitrogens with one attached hydrogen (secondary N) is 1. The van der Waals surface area contributed by atoms with Gasteiger partial charge in [-0.25, -0.2) is 4.99 Å². The van der Waals surface area contributed by atoms with Crippen molar-refractivity contribution in [2.75, 3.05) is 20.7 Å². The molecular weight excluding hydrogens is 342 g/mol. The second-order valence-electron chi connectivity index (χ2n) is 6.90. The number of guanidine groups is 1. The van der Waals surface area contributed by atoms with Crippen LogP contribution in [-0.4, -0.2) is 46.4 Å². The Labute approximate surface area is 161 Å². The minimum atomic E-state index is 0.125. The molecule has 1 aromatic heterocycles. The number of hydrogen-bond donors (Lipinski definition) is 2. The van der Waals surface area contributed by atoms with Crippen LogP contribution < -0.4 is 10.1 Å². The topological polar surface area (TPSA) is 74.9 Å². The van der Waals surface area contributed by atoms with E-state index in [1.807, 2.05) is 31.8 Å². The van der Waals surface area contributed by atoms with Crippen LogP contribution in [0.2, 0.25) is 0 Å². The summed E-state index contributed by atoms with van der Waals surface area (Å²) >= 11 is 0. The van der Waals surface area contributed by atoms with Gasteiger partial charge in [0.25, 0.3) is 0 Å². The van der Waals surface area contributed by atoms with Gasteiger partial charge in [0.2, 0.25) is 0 Å². The minimum Gasteiger partial charge on any atom is -0.504 e. The number of aromatic nitrogens is 2. The van der Waals surface area contributed by atoms with Crippen LogP contribution in [0.25, 0.3) is 0 Å². The molecular formula is C20H31N5O2. The van der Waals surface area contributed by atoms with Crippen LogP contribution in [-0.2, 0) is 20.1 Å². The molecule has 0 atom stereocenters. The van der Waals surface area contributed by atoms with Crippen LogP contribution in [0.1, 0.15) is 43.5 Å². The lowest BCUT2D eigenvalue weighted by atomic mass is 10.1. The number of benzene rings is 1. The lowest BCUT2D eigenvalue weighted by molar-refractivity contribution is 0.373. The number of phenolic OH excluding ortho intramolecular Hbond substituents is 1. The molecule has 1 heterocycles. The van der Waals surface area contributed by atoms with Crippen molar-refractivity contribution in [3.63, 3.8) is 0 Å². The molecule has 0 spiro atoms. The third-order valence-electron chi connectivity index (χ3n) is 4.24. The molecule has 0 aliphatic carbocycles. The SMILES string of the molecule is CCNC(=NCc1ccc(OC)c(O)c1)N(C)Cc1cn(C)nc1C(C)C. The predicted molar refractivity (Wildman–Crippen MR) is 108 cm³/mol. The molecule has 2 rings (SSSR count). The summed E-state index contributed by atoms with van der Waals surface area (Å²) in [6, 6.07) is 5.34. The Balaban J connectivity index is 2.15. The van der Waals surface area contributed by atoms with Crippen LogP contribution in [0, 0.1) is 0 Å². The van der Waals surface area contributed by atoms with E-state index in [9.17, 15) is 5.11 Å². The van der Waals surface area contributed by atoms with Gasteiger partial charge in [0.15, 0.2) is 17.5 Å². The molecule has 0 saturated carbocycles. The zero-order chi connectivity index (χ0) is 20.0. The summed E-state index contributed by atoms with van der Waals surface area (Å²) < 4.78 is 6.95. The lowest BCUT2D eigenvalue weighted by Crippen LogP contribution is -2.38. The molecule has 2 aromatic rings. The van der Waals surface area contributed by atoms with Gasteiger partial charge in [0, 0.05) is 38.9 Å². The highest BCUT2D eigenvalue weighted by Gasteiger charge is 2.15. The molecule has 0 aliphatic heterocycles. The molecule has 0 radical (unpaired) electrons. The zero-order valence-electron chi connectivity index (χ0n) is 17.2. The number of aryl methyl sites for hydroxylation is 1. The molecule has 7 heteroatoms. The number of ether oxygens (including phenoxy) is 1. The van der Waals surface area contributed by atoms with Gasteiger partial charge >= 0.3 is 0 Å². The molecule has 148 valence electrons. The van der Waals surface area contributed by atoms with Gasteiger partial charge < -0.3 is 20.1 Å². The molecule has 2 N–H and O–H groups in total. The maximum atomic E-state index is 9.94. The molecule has 1 aromatic carbocycles. The third-order valence-corrected chi connectivity index (χ3v) is 4.24. The molecule has 0 aliphatic rings. The zero-order valence-corrected chi connectivity index (χ0v) is 17.2. The monoisotopic (exact) mass is 373 g/mol. The minimum absolute atomic E-state index is 0.125. The lowest BCUT2D eigenvalue weighted by Gasteiger charge is -2.22. The van der Waals surface area contributed by atoms with Gasteiger partial charge in [-0.2, -0.15) is 5.10 Å². The van der Waals surface area contributed by atoms with Gasteiger partial charge in [-0.3, -0.25) is 4.68 Å². The molecule has 0 unspecified atom stereocenters. The Morgan fingerprint density at radius 3 is 2.74 bits per heavy atom. The first-order valence-corrected chi connectivity index (χ1v) is 9.23. The molecule has 7 nitrogen and oxygen atoms in total. The fraction of sp³-hybridized carbons (Fsp3) is 0.500. The first-order chi connectivity index (χ1) is 12.8. The van der Waals surface area contributed by atoms with E-state index in [-0.39, 0.29) is 5.75 Å². The normalized spacial score (nSPS) is 11.7. The van der Waals surface area contributed by atoms with Crippen LogP contribution in [0.5, 0.6) is 11.5 Å². The van der Waals surface area contributed by atoms with Crippen molar-refractivity contribution in [1.29, 1.82) is 0 Å². The Morgan fingerprint density at radius 1 is 1.41 bits per heavy atom. The average molecular weight is 374 g/mol. The highest BCUT2D eigenvalue weighted by molar-refractivity contribution is 5.79. The number of aromatic hydroxyl groups is 1. The van der Waals surface area contributed by atoms with E-state index in [1.54, 1.807) is 12.1 Å². The van der Waals surface area contributed by atoms with Crippen molar-refractivity contribution in [2.24, 2.45) is 12.0 Å². The Hall–Kier alpha value is -2.70. The number of rotatable bonds is 7. The van der Waals surface area contributed by atoms with E-state index in [2.05, 4.69) is 35.4 Å². The van der Waals surface area contributed by atoms with Crippen LogP contribution in [0.3, 0.4) is 0 Å². The molecule has 27 heavy (non-hydrogen) atoms. The van der Waals surface area contributed by atoms with Crippen molar-refractivity contribution in [3.05, 3.63) is 41.2 Å². The summed E-state index contributed by atoms with van der Waals surface area (Å²) in [5.41, 5.74) is 3.23. The van der Waals surface area contributed by atoms with Gasteiger partial charge in [-0.1, -0.05) is 19.9 Å². The maximum Gasteiger partial charge on any atom is 0.194 e. The summed E-state index contributed by atoms with van der Waals surface area (Å²) in [6.07, 6.45) is 2.07. The quantitative estimate of drug-likeness (QED) is 0.577. The summed E-state index contributed by atoms with van der Waals surface area (Å²) in [5.74, 6) is 1.77. The van der Waals surface area contributed by atoms with Gasteiger partial charge in [0.1, 0.15) is 0 Å². The largest absolute Gasteiger partial charge is 0.504 e. The number of phenols is 1. The van der Waals surface area contributed by atoms with Crippen molar-refractivity contribution < 1.29 is 9.84 Å². The summed E-state index contributed by atoms with van der Waals surface area (Å²) in [7, 11) is 5.50. The molecule has 0 saturated heterocycles. The maximum absolute atomic E-state index is 9.94. The van der Waals surface area contributed by atoms with Crippen molar-refractivity contribution >= 4 is 5.96 Å². The number of aliphatic imine (C=N–C) groups is 1. The van der Waals surface area contributed by atoms with Gasteiger partial charge in [0.05, 0.1) is 19.3 Å². The second kappa shape index (κ2) is 9.30. The summed E-state index contributed by atoms with van der Waals surface area (Å²) in [4.78, 5) is 6.80. The first kappa shape index (κ1) is 20.6. The van der Waals surface area contributed by atoms with Crippen LogP contribution in [0.4, 0.5) is 0 Å².